The van der Waals surface area contributed by atoms with Crippen molar-refractivity contribution in [2.45, 2.75) is 19.4 Å². The van der Waals surface area contributed by atoms with Crippen LogP contribution in [-0.2, 0) is 0 Å². The van der Waals surface area contributed by atoms with Gasteiger partial charge in [0.1, 0.15) is 15.6 Å². The van der Waals surface area contributed by atoms with E-state index in [9.17, 15) is 4.79 Å². The number of carbonyl (C=O) groups excluding carboxylic acids is 1. The molecule has 29 heavy (non-hydrogen) atoms. The number of nitrogens with one attached hydrogen (secondary N) is 1. The Balaban J connectivity index is 1.43. The second-order valence-corrected chi connectivity index (χ2v) is 8.38. The summed E-state index contributed by atoms with van der Waals surface area (Å²) >= 11 is 1.33. The Morgan fingerprint density at radius 1 is 1.24 bits per heavy atom. The van der Waals surface area contributed by atoms with Crippen molar-refractivity contribution in [3.8, 4) is 10.7 Å². The first-order chi connectivity index (χ1) is 14.0. The Labute approximate surface area is 174 Å². The topological polar surface area (TPSA) is 74.2 Å². The number of aromatic nitrogens is 3. The molecule has 1 aliphatic heterocycles. The van der Waals surface area contributed by atoms with Crippen LogP contribution in [0.2, 0.25) is 0 Å². The van der Waals surface area contributed by atoms with Crippen molar-refractivity contribution in [2.24, 2.45) is 0 Å². The van der Waals surface area contributed by atoms with Crippen molar-refractivity contribution in [1.82, 2.24) is 19.9 Å². The minimum absolute atomic E-state index is 0.156. The number of amides is 1. The number of aryl methyl sites for hydroxylation is 1. The highest BCUT2D eigenvalue weighted by Crippen LogP contribution is 2.28. The number of hydrogen-bond acceptors (Lipinski definition) is 7. The summed E-state index contributed by atoms with van der Waals surface area (Å²) in [6.07, 6.45) is 6.06. The monoisotopic (exact) mass is 408 g/mol. The summed E-state index contributed by atoms with van der Waals surface area (Å²) < 4.78 is 0. The zero-order valence-corrected chi connectivity index (χ0v) is 17.6. The van der Waals surface area contributed by atoms with Gasteiger partial charge in [-0.15, -0.1) is 11.3 Å². The zero-order chi connectivity index (χ0) is 20.4. The highest BCUT2D eigenvalue weighted by atomic mass is 32.1. The van der Waals surface area contributed by atoms with Gasteiger partial charge in [-0.25, -0.2) is 4.98 Å². The van der Waals surface area contributed by atoms with Crippen LogP contribution in [0.3, 0.4) is 0 Å². The third-order valence-corrected chi connectivity index (χ3v) is 6.35. The van der Waals surface area contributed by atoms with Crippen molar-refractivity contribution in [1.29, 1.82) is 0 Å². The van der Waals surface area contributed by atoms with Crippen LogP contribution in [0, 0.1) is 6.92 Å². The summed E-state index contributed by atoms with van der Waals surface area (Å²) in [5, 5.41) is 3.67. The zero-order valence-electron chi connectivity index (χ0n) is 16.8. The molecule has 0 bridgehead atoms. The average Bonchev–Trinajstić information content (AvgIpc) is 3.37. The number of benzene rings is 1. The lowest BCUT2D eigenvalue weighted by Gasteiger charge is -2.22. The molecule has 1 atom stereocenters. The number of anilines is 2. The van der Waals surface area contributed by atoms with Crippen LogP contribution in [0.15, 0.2) is 42.9 Å². The number of rotatable bonds is 5. The Bertz CT molecular complexity index is 986. The quantitative estimate of drug-likeness (QED) is 0.698. The number of likely N-dealkylation sites (N-methyl/N-ethyl adjacent to an activating group) is 1. The van der Waals surface area contributed by atoms with E-state index in [1.54, 1.807) is 18.6 Å². The molecule has 0 radical (unpaired) electrons. The van der Waals surface area contributed by atoms with Gasteiger partial charge in [-0.1, -0.05) is 0 Å². The fourth-order valence-corrected chi connectivity index (χ4v) is 4.39. The Morgan fingerprint density at radius 3 is 2.69 bits per heavy atom. The van der Waals surface area contributed by atoms with Gasteiger partial charge in [0.25, 0.3) is 5.91 Å². The molecule has 0 saturated carbocycles. The summed E-state index contributed by atoms with van der Waals surface area (Å²) in [4.78, 5) is 30.8. The molecule has 1 fully saturated rings. The second kappa shape index (κ2) is 8.26. The van der Waals surface area contributed by atoms with Gasteiger partial charge in [0.15, 0.2) is 0 Å². The highest BCUT2D eigenvalue weighted by molar-refractivity contribution is 7.17. The molecule has 1 amide bonds. The first kappa shape index (κ1) is 19.5. The molecule has 1 N–H and O–H groups in total. The molecule has 1 aromatic carbocycles. The second-order valence-electron chi connectivity index (χ2n) is 7.38. The Morgan fingerprint density at radius 2 is 2.03 bits per heavy atom. The molecule has 0 aliphatic carbocycles. The molecular weight excluding hydrogens is 384 g/mol. The normalized spacial score (nSPS) is 16.4. The Hall–Kier alpha value is -2.84. The summed E-state index contributed by atoms with van der Waals surface area (Å²) in [6, 6.07) is 8.63. The number of thiazole rings is 1. The van der Waals surface area contributed by atoms with Gasteiger partial charge < -0.3 is 15.1 Å². The molecule has 7 nitrogen and oxygen atoms in total. The van der Waals surface area contributed by atoms with E-state index in [-0.39, 0.29) is 5.91 Å². The first-order valence-corrected chi connectivity index (χ1v) is 10.4. The van der Waals surface area contributed by atoms with E-state index in [4.69, 9.17) is 0 Å². The maximum atomic E-state index is 12.7. The third kappa shape index (κ3) is 4.28. The molecule has 150 valence electrons. The van der Waals surface area contributed by atoms with Crippen molar-refractivity contribution in [2.75, 3.05) is 37.4 Å². The van der Waals surface area contributed by atoms with Crippen LogP contribution in [0.4, 0.5) is 11.4 Å². The lowest BCUT2D eigenvalue weighted by Crippen LogP contribution is -2.31. The molecule has 4 rings (SSSR count). The van der Waals surface area contributed by atoms with Gasteiger partial charge in [0.05, 0.1) is 11.9 Å². The summed E-state index contributed by atoms with van der Waals surface area (Å²) in [5.41, 5.74) is 3.32. The van der Waals surface area contributed by atoms with Gasteiger partial charge in [-0.05, 0) is 51.7 Å². The van der Waals surface area contributed by atoms with Crippen LogP contribution < -0.4 is 10.2 Å². The van der Waals surface area contributed by atoms with Gasteiger partial charge in [0, 0.05) is 42.9 Å². The maximum Gasteiger partial charge on any atom is 0.267 e. The average molecular weight is 409 g/mol. The summed E-state index contributed by atoms with van der Waals surface area (Å²) in [6.45, 7) is 3.92. The molecule has 1 aliphatic rings. The third-order valence-electron chi connectivity index (χ3n) is 5.17. The predicted molar refractivity (Wildman–Crippen MR) is 117 cm³/mol. The van der Waals surface area contributed by atoms with Crippen molar-refractivity contribution in [3.63, 3.8) is 0 Å². The van der Waals surface area contributed by atoms with Crippen LogP contribution in [0.1, 0.15) is 21.8 Å². The molecule has 1 saturated heterocycles. The molecule has 2 aromatic heterocycles. The fraction of sp³-hybridized carbons (Fsp3) is 0.333. The Kier molecular flexibility index (Phi) is 5.55. The van der Waals surface area contributed by atoms with Crippen molar-refractivity contribution >= 4 is 28.6 Å². The van der Waals surface area contributed by atoms with Gasteiger partial charge in [0.2, 0.25) is 0 Å². The van der Waals surface area contributed by atoms with Crippen molar-refractivity contribution < 1.29 is 4.79 Å². The number of nitrogens with zero attached hydrogens (tertiary/aromatic N) is 5. The van der Waals surface area contributed by atoms with Gasteiger partial charge in [-0.2, -0.15) is 0 Å². The SMILES string of the molecule is Cc1nc(-c2cnccn2)sc1C(=O)Nc1ccc(N2CCC(N(C)C)C2)cc1. The van der Waals surface area contributed by atoms with Crippen LogP contribution in [0.5, 0.6) is 0 Å². The van der Waals surface area contributed by atoms with E-state index >= 15 is 0 Å². The fourth-order valence-electron chi connectivity index (χ4n) is 3.47. The lowest BCUT2D eigenvalue weighted by atomic mass is 10.2. The van der Waals surface area contributed by atoms with E-state index in [1.165, 1.54) is 23.4 Å². The predicted octanol–water partition coefficient (Wildman–Crippen LogP) is 3.30. The molecule has 8 heteroatoms. The van der Waals surface area contributed by atoms with Crippen molar-refractivity contribution in [3.05, 3.63) is 53.4 Å². The van der Waals surface area contributed by atoms with Crippen LogP contribution >= 0.6 is 11.3 Å². The summed E-state index contributed by atoms with van der Waals surface area (Å²) in [7, 11) is 4.26. The van der Waals surface area contributed by atoms with E-state index in [0.717, 1.165) is 18.8 Å². The standard InChI is InChI=1S/C21H24N6OS/c1-14-19(29-21(24-14)18-12-22-9-10-23-18)20(28)25-15-4-6-16(7-5-15)27-11-8-17(13-27)26(2)3/h4-7,9-10,12,17H,8,11,13H2,1-3H3,(H,25,28). The largest absolute Gasteiger partial charge is 0.370 e. The molecular formula is C21H24N6OS. The van der Waals surface area contributed by atoms with E-state index in [1.807, 2.05) is 19.1 Å². The molecule has 3 aromatic rings. The van der Waals surface area contributed by atoms with Gasteiger partial charge >= 0.3 is 0 Å². The minimum Gasteiger partial charge on any atom is -0.370 e. The number of carbonyl (C=O) groups is 1. The maximum absolute atomic E-state index is 12.7. The van der Waals surface area contributed by atoms with E-state index in [2.05, 4.69) is 56.3 Å². The smallest absolute Gasteiger partial charge is 0.267 e. The van der Waals surface area contributed by atoms with E-state index in [0.29, 0.717) is 27.3 Å². The lowest BCUT2D eigenvalue weighted by molar-refractivity contribution is 0.103. The van der Waals surface area contributed by atoms with Gasteiger partial charge in [-0.3, -0.25) is 14.8 Å². The number of hydrogen-bond donors (Lipinski definition) is 1. The first-order valence-electron chi connectivity index (χ1n) is 9.58. The van der Waals surface area contributed by atoms with Crippen LogP contribution in [-0.4, -0.2) is 59.0 Å². The van der Waals surface area contributed by atoms with Crippen LogP contribution in [0.25, 0.3) is 10.7 Å². The van der Waals surface area contributed by atoms with E-state index < -0.39 is 0 Å². The minimum atomic E-state index is -0.156. The molecule has 0 spiro atoms. The summed E-state index contributed by atoms with van der Waals surface area (Å²) in [5.74, 6) is -0.156. The highest BCUT2D eigenvalue weighted by Gasteiger charge is 2.24. The molecule has 1 unspecified atom stereocenters. The molecule has 3 heterocycles.